The van der Waals surface area contributed by atoms with Crippen LogP contribution >= 0.6 is 11.6 Å². The second kappa shape index (κ2) is 12.3. The number of rotatable bonds is 10. The molecule has 2 aliphatic rings. The zero-order chi connectivity index (χ0) is 27.3. The van der Waals surface area contributed by atoms with Gasteiger partial charge >= 0.3 is 0 Å². The number of fused-ring (bicyclic) bond motifs is 1. The number of amides is 2. The molecule has 2 amide bonds. The molecule has 4 rings (SSSR count). The molecule has 0 spiro atoms. The van der Waals surface area contributed by atoms with E-state index in [0.717, 1.165) is 41.8 Å². The Hall–Kier alpha value is -2.98. The molecule has 206 valence electrons. The summed E-state index contributed by atoms with van der Waals surface area (Å²) in [7, 11) is -3.85. The average Bonchev–Trinajstić information content (AvgIpc) is 3.40. The number of carbonyl (C=O) groups excluding carboxylic acids is 2. The van der Waals surface area contributed by atoms with Gasteiger partial charge in [-0.3, -0.25) is 13.9 Å². The van der Waals surface area contributed by atoms with Crippen molar-refractivity contribution < 1.29 is 27.5 Å². The lowest BCUT2D eigenvalue weighted by Crippen LogP contribution is -2.53. The van der Waals surface area contributed by atoms with Crippen molar-refractivity contribution in [2.75, 3.05) is 30.3 Å². The smallest absolute Gasteiger partial charge is 0.244 e. The molecule has 0 unspecified atom stereocenters. The molecule has 38 heavy (non-hydrogen) atoms. The molecule has 1 aliphatic carbocycles. The SMILES string of the molecule is CC[C@@H](C(=O)NC1CCCC1)N(Cc1ccc(Cl)cc1)C(=O)CN(c1ccc2c(c1)OCCO2)S(C)(=O)=O. The fraction of sp³-hybridized carbons (Fsp3) is 0.481. The second-order valence-electron chi connectivity index (χ2n) is 9.66. The van der Waals surface area contributed by atoms with Crippen molar-refractivity contribution in [3.05, 3.63) is 53.1 Å². The van der Waals surface area contributed by atoms with Gasteiger partial charge < -0.3 is 19.7 Å². The van der Waals surface area contributed by atoms with Gasteiger partial charge in [-0.15, -0.1) is 0 Å². The summed E-state index contributed by atoms with van der Waals surface area (Å²) >= 11 is 6.05. The van der Waals surface area contributed by atoms with Crippen LogP contribution in [0.4, 0.5) is 5.69 Å². The fourth-order valence-corrected chi connectivity index (χ4v) is 5.84. The summed E-state index contributed by atoms with van der Waals surface area (Å²) in [6, 6.07) is 11.1. The van der Waals surface area contributed by atoms with E-state index in [1.165, 1.54) is 4.90 Å². The highest BCUT2D eigenvalue weighted by Crippen LogP contribution is 2.35. The highest BCUT2D eigenvalue weighted by atomic mass is 35.5. The lowest BCUT2D eigenvalue weighted by molar-refractivity contribution is -0.140. The highest BCUT2D eigenvalue weighted by molar-refractivity contribution is 7.92. The van der Waals surface area contributed by atoms with E-state index in [-0.39, 0.29) is 24.2 Å². The summed E-state index contributed by atoms with van der Waals surface area (Å²) in [5, 5.41) is 3.65. The third kappa shape index (κ3) is 6.91. The van der Waals surface area contributed by atoms with E-state index in [9.17, 15) is 18.0 Å². The molecule has 9 nitrogen and oxygen atoms in total. The molecule has 0 bridgehead atoms. The normalized spacial score (nSPS) is 16.1. The van der Waals surface area contributed by atoms with Crippen molar-refractivity contribution in [3.63, 3.8) is 0 Å². The lowest BCUT2D eigenvalue weighted by atomic mass is 10.1. The van der Waals surface area contributed by atoms with Gasteiger partial charge in [0.15, 0.2) is 11.5 Å². The Morgan fingerprint density at radius 2 is 1.71 bits per heavy atom. The van der Waals surface area contributed by atoms with Gasteiger partial charge in [-0.1, -0.05) is 43.5 Å². The Kier molecular flexibility index (Phi) is 9.04. The van der Waals surface area contributed by atoms with E-state index >= 15 is 0 Å². The number of benzene rings is 2. The third-order valence-corrected chi connectivity index (χ3v) is 8.24. The van der Waals surface area contributed by atoms with Crippen LogP contribution < -0.4 is 19.1 Å². The average molecular weight is 564 g/mol. The van der Waals surface area contributed by atoms with Gasteiger partial charge in [0.2, 0.25) is 21.8 Å². The van der Waals surface area contributed by atoms with Gasteiger partial charge in [-0.05, 0) is 49.1 Å². The first-order valence-electron chi connectivity index (χ1n) is 12.9. The van der Waals surface area contributed by atoms with Crippen LogP contribution in [0.15, 0.2) is 42.5 Å². The van der Waals surface area contributed by atoms with Gasteiger partial charge in [0.25, 0.3) is 0 Å². The molecule has 0 radical (unpaired) electrons. The molecular formula is C27H34ClN3O6S. The largest absolute Gasteiger partial charge is 0.486 e. The standard InChI is InChI=1S/C27H34ClN3O6S/c1-3-23(27(33)29-21-6-4-5-7-21)30(17-19-8-10-20(28)11-9-19)26(32)18-31(38(2,34)35)22-12-13-24-25(16-22)37-15-14-36-24/h8-13,16,21,23H,3-7,14-15,17-18H2,1-2H3,(H,29,33)/t23-/m0/s1. The number of nitrogens with zero attached hydrogens (tertiary/aromatic N) is 2. The Labute approximate surface area is 229 Å². The summed E-state index contributed by atoms with van der Waals surface area (Å²) in [6.45, 7) is 2.25. The quantitative estimate of drug-likeness (QED) is 0.472. The first-order valence-corrected chi connectivity index (χ1v) is 15.1. The van der Waals surface area contributed by atoms with Crippen molar-refractivity contribution in [1.29, 1.82) is 0 Å². The van der Waals surface area contributed by atoms with E-state index in [2.05, 4.69) is 5.32 Å². The predicted molar refractivity (Wildman–Crippen MR) is 146 cm³/mol. The Morgan fingerprint density at radius 3 is 2.34 bits per heavy atom. The van der Waals surface area contributed by atoms with Crippen LogP contribution in [0.2, 0.25) is 5.02 Å². The number of halogens is 1. The topological polar surface area (TPSA) is 105 Å². The van der Waals surface area contributed by atoms with E-state index in [4.69, 9.17) is 21.1 Å². The zero-order valence-electron chi connectivity index (χ0n) is 21.7. The lowest BCUT2D eigenvalue weighted by Gasteiger charge is -2.33. The molecule has 1 N–H and O–H groups in total. The third-order valence-electron chi connectivity index (χ3n) is 6.85. The minimum atomic E-state index is -3.85. The number of ether oxygens (including phenoxy) is 2. The summed E-state index contributed by atoms with van der Waals surface area (Å²) < 4.78 is 37.9. The number of nitrogens with one attached hydrogen (secondary N) is 1. The number of anilines is 1. The van der Waals surface area contributed by atoms with Crippen LogP contribution in [0, 0.1) is 0 Å². The van der Waals surface area contributed by atoms with Crippen LogP contribution in [0.25, 0.3) is 0 Å². The maximum atomic E-state index is 13.8. The van der Waals surface area contributed by atoms with Gasteiger partial charge in [-0.2, -0.15) is 0 Å². The minimum absolute atomic E-state index is 0.0919. The molecule has 0 aromatic heterocycles. The number of hydrogen-bond acceptors (Lipinski definition) is 6. The first kappa shape index (κ1) is 28.0. The molecule has 1 aliphatic heterocycles. The Bertz CT molecular complexity index is 1250. The molecular weight excluding hydrogens is 530 g/mol. The number of hydrogen-bond donors (Lipinski definition) is 1. The minimum Gasteiger partial charge on any atom is -0.486 e. The van der Waals surface area contributed by atoms with Crippen molar-refractivity contribution in [3.8, 4) is 11.5 Å². The highest BCUT2D eigenvalue weighted by Gasteiger charge is 2.33. The van der Waals surface area contributed by atoms with Gasteiger partial charge in [0.1, 0.15) is 25.8 Å². The predicted octanol–water partition coefficient (Wildman–Crippen LogP) is 3.74. The summed E-state index contributed by atoms with van der Waals surface area (Å²) in [6.07, 6.45) is 5.38. The van der Waals surface area contributed by atoms with Crippen LogP contribution in [0.3, 0.4) is 0 Å². The molecule has 1 fully saturated rings. The van der Waals surface area contributed by atoms with E-state index in [1.807, 2.05) is 6.92 Å². The summed E-state index contributed by atoms with van der Waals surface area (Å²) in [4.78, 5) is 28.6. The molecule has 11 heteroatoms. The van der Waals surface area contributed by atoms with Gasteiger partial charge in [-0.25, -0.2) is 8.42 Å². The molecule has 1 heterocycles. The van der Waals surface area contributed by atoms with Crippen LogP contribution in [-0.2, 0) is 26.2 Å². The summed E-state index contributed by atoms with van der Waals surface area (Å²) in [5.74, 6) is 0.203. The fourth-order valence-electron chi connectivity index (χ4n) is 4.87. The maximum Gasteiger partial charge on any atom is 0.244 e. The molecule has 1 atom stereocenters. The van der Waals surface area contributed by atoms with Crippen molar-refractivity contribution in [2.24, 2.45) is 0 Å². The van der Waals surface area contributed by atoms with Crippen LogP contribution in [0.5, 0.6) is 11.5 Å². The Morgan fingerprint density at radius 1 is 1.05 bits per heavy atom. The van der Waals surface area contributed by atoms with Gasteiger partial charge in [0, 0.05) is 23.7 Å². The molecule has 2 aromatic carbocycles. The molecule has 2 aromatic rings. The Balaban J connectivity index is 1.62. The monoisotopic (exact) mass is 563 g/mol. The van der Waals surface area contributed by atoms with Crippen LogP contribution in [0.1, 0.15) is 44.6 Å². The maximum absolute atomic E-state index is 13.8. The molecule has 1 saturated carbocycles. The van der Waals surface area contributed by atoms with Crippen molar-refractivity contribution >= 4 is 39.1 Å². The summed E-state index contributed by atoms with van der Waals surface area (Å²) in [5.41, 5.74) is 1.06. The van der Waals surface area contributed by atoms with Crippen molar-refractivity contribution in [1.82, 2.24) is 10.2 Å². The molecule has 0 saturated heterocycles. The van der Waals surface area contributed by atoms with E-state index < -0.39 is 28.5 Å². The second-order valence-corrected chi connectivity index (χ2v) is 12.0. The van der Waals surface area contributed by atoms with Gasteiger partial charge in [0.05, 0.1) is 11.9 Å². The zero-order valence-corrected chi connectivity index (χ0v) is 23.3. The van der Waals surface area contributed by atoms with E-state index in [1.54, 1.807) is 42.5 Å². The van der Waals surface area contributed by atoms with Crippen LogP contribution in [-0.4, -0.2) is 63.2 Å². The van der Waals surface area contributed by atoms with Crippen molar-refractivity contribution in [2.45, 2.75) is 57.7 Å². The van der Waals surface area contributed by atoms with E-state index in [0.29, 0.717) is 36.2 Å². The number of carbonyl (C=O) groups is 2. The first-order chi connectivity index (χ1) is 18.2. The number of sulfonamides is 1.